The Kier molecular flexibility index (Phi) is 2.75. The monoisotopic (exact) mass is 312 g/mol. The smallest absolute Gasteiger partial charge is 0.393 e. The van der Waals surface area contributed by atoms with Crippen molar-refractivity contribution in [3.05, 3.63) is 12.7 Å². The molecule has 0 radical (unpaired) electrons. The second-order valence-electron chi connectivity index (χ2n) is 5.25. The summed E-state index contributed by atoms with van der Waals surface area (Å²) in [5, 5.41) is -1.57. The molecule has 6 unspecified atom stereocenters. The molecule has 1 aliphatic heterocycles. The van der Waals surface area contributed by atoms with Gasteiger partial charge in [0.15, 0.2) is 0 Å². The molecule has 112 valence electrons. The summed E-state index contributed by atoms with van der Waals surface area (Å²) in [7, 11) is -4.28. The lowest BCUT2D eigenvalue weighted by molar-refractivity contribution is -0.202. The van der Waals surface area contributed by atoms with Crippen LogP contribution >= 0.6 is 0 Å². The molecule has 9 heteroatoms. The third-order valence-electron chi connectivity index (χ3n) is 4.32. The van der Waals surface area contributed by atoms with Crippen LogP contribution in [-0.2, 0) is 23.8 Å². The van der Waals surface area contributed by atoms with Gasteiger partial charge in [-0.25, -0.2) is 4.79 Å². The zero-order chi connectivity index (χ0) is 14.9. The molecule has 2 aliphatic carbocycles. The molecule has 0 amide bonds. The van der Waals surface area contributed by atoms with E-state index in [0.29, 0.717) is 0 Å². The molecule has 3 aliphatic rings. The maximum absolute atomic E-state index is 13.1. The minimum absolute atomic E-state index is 0.0355. The fourth-order valence-electron chi connectivity index (χ4n) is 3.76. The first-order valence-corrected chi connectivity index (χ1v) is 7.46. The summed E-state index contributed by atoms with van der Waals surface area (Å²) >= 11 is 0. The van der Waals surface area contributed by atoms with Crippen molar-refractivity contribution in [1.29, 1.82) is 0 Å². The minimum atomic E-state index is -4.67. The Bertz CT molecular complexity index is 569. The highest BCUT2D eigenvalue weighted by molar-refractivity contribution is 7.87. The van der Waals surface area contributed by atoms with Crippen molar-refractivity contribution in [2.75, 3.05) is 0 Å². The van der Waals surface area contributed by atoms with Crippen molar-refractivity contribution in [2.24, 2.45) is 17.8 Å². The van der Waals surface area contributed by atoms with Gasteiger partial charge in [0.05, 0.1) is 5.92 Å². The first-order chi connectivity index (χ1) is 9.16. The van der Waals surface area contributed by atoms with Gasteiger partial charge in [-0.15, -0.1) is 0 Å². The number of carbonyl (C=O) groups excluding carboxylic acids is 1. The predicted octanol–water partition coefficient (Wildman–Crippen LogP) is 1.01. The van der Waals surface area contributed by atoms with Crippen molar-refractivity contribution in [1.82, 2.24) is 0 Å². The number of fused-ring (bicyclic) bond motifs is 1. The molecule has 0 aromatic carbocycles. The van der Waals surface area contributed by atoms with Crippen LogP contribution in [0.4, 0.5) is 13.2 Å². The normalized spacial score (nSPS) is 44.5. The van der Waals surface area contributed by atoms with Crippen LogP contribution in [-0.4, -0.2) is 38.0 Å². The predicted molar refractivity (Wildman–Crippen MR) is 58.8 cm³/mol. The van der Waals surface area contributed by atoms with E-state index in [2.05, 4.69) is 6.58 Å². The molecule has 1 saturated heterocycles. The summed E-state index contributed by atoms with van der Waals surface area (Å²) in [6.07, 6.45) is -6.00. The van der Waals surface area contributed by atoms with E-state index in [1.54, 1.807) is 0 Å². The Hall–Kier alpha value is -1.09. The van der Waals surface area contributed by atoms with Crippen LogP contribution in [0.15, 0.2) is 12.7 Å². The van der Waals surface area contributed by atoms with Crippen LogP contribution < -0.4 is 0 Å². The van der Waals surface area contributed by atoms with Gasteiger partial charge in [-0.3, -0.25) is 4.18 Å². The molecule has 0 aromatic rings. The molecule has 5 nitrogen and oxygen atoms in total. The molecule has 0 spiro atoms. The molecular weight excluding hydrogens is 301 g/mol. The number of hydrogen-bond donors (Lipinski definition) is 0. The Morgan fingerprint density at radius 3 is 2.55 bits per heavy atom. The van der Waals surface area contributed by atoms with Gasteiger partial charge in [-0.05, 0) is 6.42 Å². The fraction of sp³-hybridized carbons (Fsp3) is 0.727. The lowest BCUT2D eigenvalue weighted by atomic mass is 9.84. The molecule has 0 aromatic heterocycles. The Morgan fingerprint density at radius 1 is 1.35 bits per heavy atom. The van der Waals surface area contributed by atoms with Crippen LogP contribution in [0, 0.1) is 17.8 Å². The molecule has 1 heterocycles. The van der Waals surface area contributed by atoms with Crippen molar-refractivity contribution in [2.45, 2.75) is 30.1 Å². The first-order valence-electron chi connectivity index (χ1n) is 5.98. The van der Waals surface area contributed by atoms with Gasteiger partial charge in [0.1, 0.15) is 17.5 Å². The number of esters is 1. The van der Waals surface area contributed by atoms with Gasteiger partial charge < -0.3 is 4.74 Å². The standard InChI is InChI=1S/C11H11F3O5S/c1-2-6(15)18-8-4-3-5-9(8)19-20(16,17)10(5)7(4)11(12,13)14/h2,4-5,7-10H,1,3H2. The van der Waals surface area contributed by atoms with Gasteiger partial charge >= 0.3 is 12.1 Å². The molecule has 3 fully saturated rings. The minimum Gasteiger partial charge on any atom is -0.456 e. The summed E-state index contributed by atoms with van der Waals surface area (Å²) in [6, 6.07) is 0. The summed E-state index contributed by atoms with van der Waals surface area (Å²) in [5.41, 5.74) is 0. The van der Waals surface area contributed by atoms with Crippen LogP contribution in [0.3, 0.4) is 0 Å². The van der Waals surface area contributed by atoms with E-state index in [1.165, 1.54) is 0 Å². The lowest BCUT2D eigenvalue weighted by Crippen LogP contribution is -2.47. The summed E-state index contributed by atoms with van der Waals surface area (Å²) in [5.74, 6) is -4.76. The molecule has 20 heavy (non-hydrogen) atoms. The highest BCUT2D eigenvalue weighted by Crippen LogP contribution is 2.62. The molecule has 3 rings (SSSR count). The first kappa shape index (κ1) is 13.9. The van der Waals surface area contributed by atoms with Gasteiger partial charge in [0.25, 0.3) is 10.1 Å². The number of carbonyl (C=O) groups is 1. The lowest BCUT2D eigenvalue weighted by Gasteiger charge is -2.32. The van der Waals surface area contributed by atoms with Gasteiger partial charge in [-0.1, -0.05) is 6.58 Å². The van der Waals surface area contributed by atoms with Crippen LogP contribution in [0.25, 0.3) is 0 Å². The van der Waals surface area contributed by atoms with E-state index in [1.807, 2.05) is 0 Å². The number of ether oxygens (including phenoxy) is 1. The van der Waals surface area contributed by atoms with E-state index in [9.17, 15) is 26.4 Å². The molecule has 2 saturated carbocycles. The fourth-order valence-corrected chi connectivity index (χ4v) is 5.86. The Labute approximate surface area is 112 Å². The van der Waals surface area contributed by atoms with Gasteiger partial charge in [0.2, 0.25) is 0 Å². The van der Waals surface area contributed by atoms with Crippen molar-refractivity contribution < 1.29 is 35.3 Å². The second-order valence-corrected chi connectivity index (χ2v) is 6.98. The van der Waals surface area contributed by atoms with E-state index >= 15 is 0 Å². The van der Waals surface area contributed by atoms with Crippen molar-refractivity contribution in [3.63, 3.8) is 0 Å². The van der Waals surface area contributed by atoms with Gasteiger partial charge in [0, 0.05) is 17.9 Å². The van der Waals surface area contributed by atoms with Crippen LogP contribution in [0.2, 0.25) is 0 Å². The summed E-state index contributed by atoms with van der Waals surface area (Å²) in [6.45, 7) is 3.17. The van der Waals surface area contributed by atoms with Gasteiger partial charge in [-0.2, -0.15) is 21.6 Å². The average molecular weight is 312 g/mol. The largest absolute Gasteiger partial charge is 0.456 e. The van der Waals surface area contributed by atoms with E-state index in [4.69, 9.17) is 8.92 Å². The SMILES string of the molecule is C=CC(=O)OC1C2CC3C1OS(=O)(=O)C3C2C(F)(F)F. The second kappa shape index (κ2) is 3.97. The maximum atomic E-state index is 13.1. The third-order valence-corrected chi connectivity index (χ3v) is 6.12. The quantitative estimate of drug-likeness (QED) is 0.432. The van der Waals surface area contributed by atoms with Crippen LogP contribution in [0.5, 0.6) is 0 Å². The number of halogens is 3. The topological polar surface area (TPSA) is 69.7 Å². The van der Waals surface area contributed by atoms with Crippen molar-refractivity contribution in [3.8, 4) is 0 Å². The van der Waals surface area contributed by atoms with E-state index in [-0.39, 0.29) is 6.42 Å². The van der Waals surface area contributed by atoms with Crippen molar-refractivity contribution >= 4 is 16.1 Å². The van der Waals surface area contributed by atoms with E-state index < -0.39 is 57.5 Å². The molecule has 6 atom stereocenters. The zero-order valence-corrected chi connectivity index (χ0v) is 10.9. The molecular formula is C11H11F3O5S. The number of rotatable bonds is 2. The Morgan fingerprint density at radius 2 is 2.00 bits per heavy atom. The third kappa shape index (κ3) is 1.72. The highest BCUT2D eigenvalue weighted by Gasteiger charge is 2.75. The highest BCUT2D eigenvalue weighted by atomic mass is 32.2. The number of hydrogen-bond acceptors (Lipinski definition) is 5. The zero-order valence-electron chi connectivity index (χ0n) is 10.0. The molecule has 0 N–H and O–H groups in total. The maximum Gasteiger partial charge on any atom is 0.393 e. The molecule has 2 bridgehead atoms. The summed E-state index contributed by atoms with van der Waals surface area (Å²) in [4.78, 5) is 11.2. The summed E-state index contributed by atoms with van der Waals surface area (Å²) < 4.78 is 72.6. The van der Waals surface area contributed by atoms with E-state index in [0.717, 1.165) is 6.08 Å². The van der Waals surface area contributed by atoms with Crippen LogP contribution in [0.1, 0.15) is 6.42 Å². The number of alkyl halides is 3. The Balaban J connectivity index is 2.00. The average Bonchev–Trinajstić information content (AvgIpc) is 2.89.